The number of amides is 1. The summed E-state index contributed by atoms with van der Waals surface area (Å²) < 4.78 is 34.2. The second kappa shape index (κ2) is 11.5. The molecule has 0 heterocycles. The Kier molecular flexibility index (Phi) is 8.16. The SMILES string of the molecule is CCOc1cccc(NC(=O)c2ccc(CN(c3cc(Cl)ccc3C)S(=O)(=O)c3ccccc3)cc2)c1. The minimum atomic E-state index is -3.88. The third kappa shape index (κ3) is 6.31. The molecule has 0 aliphatic rings. The number of hydrogen-bond acceptors (Lipinski definition) is 4. The topological polar surface area (TPSA) is 75.7 Å². The normalized spacial score (nSPS) is 11.1. The van der Waals surface area contributed by atoms with Gasteiger partial charge < -0.3 is 10.1 Å². The molecule has 0 radical (unpaired) electrons. The highest BCUT2D eigenvalue weighted by Gasteiger charge is 2.26. The molecule has 8 heteroatoms. The Balaban J connectivity index is 1.60. The first-order chi connectivity index (χ1) is 17.8. The highest BCUT2D eigenvalue weighted by Crippen LogP contribution is 2.31. The number of carbonyl (C=O) groups is 1. The maximum Gasteiger partial charge on any atom is 0.264 e. The Morgan fingerprint density at radius 1 is 0.919 bits per heavy atom. The number of anilines is 2. The quantitative estimate of drug-likeness (QED) is 0.259. The van der Waals surface area contributed by atoms with Gasteiger partial charge in [-0.3, -0.25) is 9.10 Å². The summed E-state index contributed by atoms with van der Waals surface area (Å²) in [6.07, 6.45) is 0. The number of sulfonamides is 1. The summed E-state index contributed by atoms with van der Waals surface area (Å²) in [5.74, 6) is 0.395. The molecule has 0 atom stereocenters. The van der Waals surface area contributed by atoms with Crippen LogP contribution >= 0.6 is 11.6 Å². The summed E-state index contributed by atoms with van der Waals surface area (Å²) in [6, 6.07) is 27.5. The Labute approximate surface area is 222 Å². The van der Waals surface area contributed by atoms with E-state index < -0.39 is 10.0 Å². The Morgan fingerprint density at radius 3 is 2.35 bits per heavy atom. The number of rotatable bonds is 9. The van der Waals surface area contributed by atoms with E-state index in [1.807, 2.05) is 26.0 Å². The predicted octanol–water partition coefficient (Wildman–Crippen LogP) is 6.69. The number of benzene rings is 4. The monoisotopic (exact) mass is 534 g/mol. The molecule has 4 rings (SSSR count). The van der Waals surface area contributed by atoms with Crippen LogP contribution in [0, 0.1) is 6.92 Å². The molecule has 0 saturated carbocycles. The second-order valence-electron chi connectivity index (χ2n) is 8.37. The number of halogens is 1. The van der Waals surface area contributed by atoms with Crippen LogP contribution in [0.1, 0.15) is 28.4 Å². The highest BCUT2D eigenvalue weighted by molar-refractivity contribution is 7.92. The van der Waals surface area contributed by atoms with Crippen LogP contribution in [0.4, 0.5) is 11.4 Å². The second-order valence-corrected chi connectivity index (χ2v) is 10.7. The van der Waals surface area contributed by atoms with Gasteiger partial charge in [-0.1, -0.05) is 54.1 Å². The van der Waals surface area contributed by atoms with Gasteiger partial charge in [0.05, 0.1) is 23.7 Å². The van der Waals surface area contributed by atoms with Crippen LogP contribution in [-0.4, -0.2) is 20.9 Å². The smallest absolute Gasteiger partial charge is 0.264 e. The zero-order valence-electron chi connectivity index (χ0n) is 20.5. The van der Waals surface area contributed by atoms with Crippen molar-refractivity contribution in [2.75, 3.05) is 16.2 Å². The maximum atomic E-state index is 13.7. The van der Waals surface area contributed by atoms with Gasteiger partial charge in [0.2, 0.25) is 0 Å². The molecule has 0 aliphatic carbocycles. The summed E-state index contributed by atoms with van der Waals surface area (Å²) in [6.45, 7) is 4.33. The van der Waals surface area contributed by atoms with E-state index >= 15 is 0 Å². The Hall–Kier alpha value is -3.81. The lowest BCUT2D eigenvalue weighted by atomic mass is 10.1. The van der Waals surface area contributed by atoms with Gasteiger partial charge >= 0.3 is 0 Å². The van der Waals surface area contributed by atoms with Crippen molar-refractivity contribution in [2.24, 2.45) is 0 Å². The number of ether oxygens (including phenoxy) is 1. The predicted molar refractivity (Wildman–Crippen MR) is 148 cm³/mol. The average molecular weight is 535 g/mol. The van der Waals surface area contributed by atoms with Crippen molar-refractivity contribution >= 4 is 38.9 Å². The van der Waals surface area contributed by atoms with E-state index in [9.17, 15) is 13.2 Å². The third-order valence-corrected chi connectivity index (χ3v) is 7.73. The van der Waals surface area contributed by atoms with Gasteiger partial charge in [0, 0.05) is 22.3 Å². The molecule has 0 fully saturated rings. The zero-order chi connectivity index (χ0) is 26.4. The van der Waals surface area contributed by atoms with E-state index in [4.69, 9.17) is 16.3 Å². The van der Waals surface area contributed by atoms with Crippen molar-refractivity contribution in [3.63, 3.8) is 0 Å². The van der Waals surface area contributed by atoms with E-state index in [1.54, 1.807) is 84.9 Å². The van der Waals surface area contributed by atoms with Gasteiger partial charge in [-0.05, 0) is 73.5 Å². The van der Waals surface area contributed by atoms with Gasteiger partial charge in [-0.15, -0.1) is 0 Å². The fourth-order valence-corrected chi connectivity index (χ4v) is 5.53. The van der Waals surface area contributed by atoms with Crippen LogP contribution in [0.3, 0.4) is 0 Å². The number of carbonyl (C=O) groups excluding carboxylic acids is 1. The largest absolute Gasteiger partial charge is 0.494 e. The molecule has 0 unspecified atom stereocenters. The van der Waals surface area contributed by atoms with E-state index in [2.05, 4.69) is 5.32 Å². The first-order valence-corrected chi connectivity index (χ1v) is 13.6. The van der Waals surface area contributed by atoms with Gasteiger partial charge in [-0.25, -0.2) is 8.42 Å². The Bertz CT molecular complexity index is 1490. The zero-order valence-corrected chi connectivity index (χ0v) is 22.1. The summed E-state index contributed by atoms with van der Waals surface area (Å²) in [5, 5.41) is 3.30. The van der Waals surface area contributed by atoms with Crippen LogP contribution in [0.25, 0.3) is 0 Å². The third-order valence-electron chi connectivity index (χ3n) is 5.72. The lowest BCUT2D eigenvalue weighted by molar-refractivity contribution is 0.102. The molecule has 0 aromatic heterocycles. The number of nitrogens with zero attached hydrogens (tertiary/aromatic N) is 1. The first kappa shape index (κ1) is 26.3. The van der Waals surface area contributed by atoms with Gasteiger partial charge in [-0.2, -0.15) is 0 Å². The fourth-order valence-electron chi connectivity index (χ4n) is 3.83. The highest BCUT2D eigenvalue weighted by atomic mass is 35.5. The lowest BCUT2D eigenvalue weighted by Gasteiger charge is -2.26. The molecule has 1 amide bonds. The van der Waals surface area contributed by atoms with Crippen molar-refractivity contribution in [3.8, 4) is 5.75 Å². The van der Waals surface area contributed by atoms with E-state index in [-0.39, 0.29) is 17.3 Å². The van der Waals surface area contributed by atoms with Crippen molar-refractivity contribution in [3.05, 3.63) is 119 Å². The maximum absolute atomic E-state index is 13.7. The van der Waals surface area contributed by atoms with Crippen LogP contribution < -0.4 is 14.4 Å². The molecule has 0 spiro atoms. The van der Waals surface area contributed by atoms with Gasteiger partial charge in [0.15, 0.2) is 0 Å². The van der Waals surface area contributed by atoms with Crippen molar-refractivity contribution in [2.45, 2.75) is 25.3 Å². The molecular weight excluding hydrogens is 508 g/mol. The Morgan fingerprint density at radius 2 is 1.65 bits per heavy atom. The van der Waals surface area contributed by atoms with Crippen molar-refractivity contribution in [1.82, 2.24) is 0 Å². The minimum Gasteiger partial charge on any atom is -0.494 e. The molecular formula is C29H27ClN2O4S. The van der Waals surface area contributed by atoms with Crippen LogP contribution in [0.15, 0.2) is 102 Å². The molecule has 6 nitrogen and oxygen atoms in total. The molecule has 0 aliphatic heterocycles. The van der Waals surface area contributed by atoms with Crippen LogP contribution in [0.2, 0.25) is 5.02 Å². The molecule has 1 N–H and O–H groups in total. The van der Waals surface area contributed by atoms with Crippen LogP contribution in [-0.2, 0) is 16.6 Å². The summed E-state index contributed by atoms with van der Waals surface area (Å²) in [4.78, 5) is 13.0. The fraction of sp³-hybridized carbons (Fsp3) is 0.138. The molecule has 0 saturated heterocycles. The molecule has 4 aromatic carbocycles. The summed E-state index contributed by atoms with van der Waals surface area (Å²) >= 11 is 6.24. The van der Waals surface area contributed by atoms with Crippen molar-refractivity contribution in [1.29, 1.82) is 0 Å². The van der Waals surface area contributed by atoms with E-state index in [1.165, 1.54) is 4.31 Å². The average Bonchev–Trinajstić information content (AvgIpc) is 2.90. The molecule has 190 valence electrons. The van der Waals surface area contributed by atoms with Gasteiger partial charge in [0.25, 0.3) is 15.9 Å². The summed E-state index contributed by atoms with van der Waals surface area (Å²) in [7, 11) is -3.88. The molecule has 4 aromatic rings. The molecule has 0 bridgehead atoms. The lowest BCUT2D eigenvalue weighted by Crippen LogP contribution is -2.31. The first-order valence-electron chi connectivity index (χ1n) is 11.7. The van der Waals surface area contributed by atoms with Crippen LogP contribution in [0.5, 0.6) is 5.75 Å². The van der Waals surface area contributed by atoms with E-state index in [0.29, 0.717) is 39.9 Å². The van der Waals surface area contributed by atoms with Gasteiger partial charge in [0.1, 0.15) is 5.75 Å². The van der Waals surface area contributed by atoms with Crippen molar-refractivity contribution < 1.29 is 17.9 Å². The standard InChI is InChI=1S/C29H27ClN2O4S/c1-3-36-26-9-7-8-25(19-26)31-29(33)23-15-13-22(14-16-23)20-32(28-18-24(30)17-12-21(28)2)37(34,35)27-10-5-4-6-11-27/h4-19H,3,20H2,1-2H3,(H,31,33). The number of hydrogen-bond donors (Lipinski definition) is 1. The summed E-state index contributed by atoms with van der Waals surface area (Å²) in [5.41, 5.74) is 3.05. The minimum absolute atomic E-state index is 0.0662. The van der Waals surface area contributed by atoms with E-state index in [0.717, 1.165) is 5.56 Å². The number of aryl methyl sites for hydroxylation is 1. The number of nitrogens with one attached hydrogen (secondary N) is 1. The molecule has 37 heavy (non-hydrogen) atoms.